The van der Waals surface area contributed by atoms with Gasteiger partial charge in [-0.25, -0.2) is 4.99 Å². The number of rotatable bonds is 13. The Labute approximate surface area is 201 Å². The van der Waals surface area contributed by atoms with Crippen LogP contribution in [0.1, 0.15) is 74.1 Å². The molecule has 33 heavy (non-hydrogen) atoms. The van der Waals surface area contributed by atoms with Crippen molar-refractivity contribution in [2.45, 2.75) is 79.7 Å². The molecule has 0 saturated carbocycles. The summed E-state index contributed by atoms with van der Waals surface area (Å²) in [5, 5.41) is 14.1. The van der Waals surface area contributed by atoms with Crippen molar-refractivity contribution >= 4 is 23.5 Å². The first-order valence-electron chi connectivity index (χ1n) is 12.1. The SMILES string of the molecule is C=C(/N=C\C=C(/C)C(=O)NC(C)(C)CC)Nc1ccc(N(CCC)CCC)cc1.CCCO. The quantitative estimate of drug-likeness (QED) is 0.254. The van der Waals surface area contributed by atoms with Crippen molar-refractivity contribution in [1.82, 2.24) is 5.32 Å². The standard InChI is InChI=1S/C24H38N4O.C3H8O/c1-8-17-28(18-9-2)22-13-11-21(12-14-22)26-20(5)25-16-15-19(4)23(29)27-24(6,7)10-3;1-2-3-4/h11-16,26H,5,8-10,17-18H2,1-4,6-7H3,(H,27,29);4H,2-3H2,1H3/b19-15+,25-16-;. The van der Waals surface area contributed by atoms with Crippen LogP contribution >= 0.6 is 0 Å². The Bertz CT molecular complexity index is 744. The van der Waals surface area contributed by atoms with Gasteiger partial charge in [-0.05, 0) is 76.8 Å². The molecule has 186 valence electrons. The summed E-state index contributed by atoms with van der Waals surface area (Å²) >= 11 is 0. The minimum atomic E-state index is -0.218. The molecule has 1 rings (SSSR count). The van der Waals surface area contributed by atoms with Gasteiger partial charge >= 0.3 is 0 Å². The van der Waals surface area contributed by atoms with Gasteiger partial charge in [-0.2, -0.15) is 0 Å². The van der Waals surface area contributed by atoms with E-state index in [0.29, 0.717) is 18.0 Å². The zero-order chi connectivity index (χ0) is 25.3. The van der Waals surface area contributed by atoms with Gasteiger partial charge in [0.05, 0.1) is 0 Å². The predicted molar refractivity (Wildman–Crippen MR) is 144 cm³/mol. The van der Waals surface area contributed by atoms with E-state index in [1.165, 1.54) is 5.69 Å². The maximum Gasteiger partial charge on any atom is 0.247 e. The predicted octanol–water partition coefficient (Wildman–Crippen LogP) is 5.91. The highest BCUT2D eigenvalue weighted by Gasteiger charge is 2.18. The molecule has 0 aliphatic heterocycles. The maximum atomic E-state index is 12.2. The number of anilines is 2. The fourth-order valence-corrected chi connectivity index (χ4v) is 2.67. The van der Waals surface area contributed by atoms with E-state index in [-0.39, 0.29) is 11.4 Å². The number of nitrogens with zero attached hydrogens (tertiary/aromatic N) is 2. The minimum absolute atomic E-state index is 0.0822. The molecule has 1 aromatic carbocycles. The fourth-order valence-electron chi connectivity index (χ4n) is 2.67. The number of hydrogen-bond acceptors (Lipinski definition) is 5. The topological polar surface area (TPSA) is 77.0 Å². The van der Waals surface area contributed by atoms with Gasteiger partial charge in [0.15, 0.2) is 0 Å². The van der Waals surface area contributed by atoms with Gasteiger partial charge in [-0.1, -0.05) is 34.3 Å². The van der Waals surface area contributed by atoms with E-state index in [1.807, 2.05) is 39.8 Å². The molecule has 1 aromatic rings. The van der Waals surface area contributed by atoms with Crippen molar-refractivity contribution in [2.24, 2.45) is 4.99 Å². The molecule has 6 heteroatoms. The number of nitrogens with one attached hydrogen (secondary N) is 2. The molecule has 0 radical (unpaired) electrons. The smallest absolute Gasteiger partial charge is 0.247 e. The van der Waals surface area contributed by atoms with Crippen molar-refractivity contribution in [1.29, 1.82) is 0 Å². The van der Waals surface area contributed by atoms with Crippen LogP contribution in [-0.4, -0.2) is 42.5 Å². The Morgan fingerprint density at radius 3 is 2.09 bits per heavy atom. The molecule has 0 spiro atoms. The van der Waals surface area contributed by atoms with E-state index in [9.17, 15) is 4.79 Å². The van der Waals surface area contributed by atoms with Crippen LogP contribution in [0.25, 0.3) is 0 Å². The van der Waals surface area contributed by atoms with E-state index >= 15 is 0 Å². The van der Waals surface area contributed by atoms with E-state index in [4.69, 9.17) is 5.11 Å². The summed E-state index contributed by atoms with van der Waals surface area (Å²) in [7, 11) is 0. The van der Waals surface area contributed by atoms with E-state index in [2.05, 4.69) is 53.1 Å². The number of aliphatic hydroxyl groups is 1. The monoisotopic (exact) mass is 458 g/mol. The highest BCUT2D eigenvalue weighted by Crippen LogP contribution is 2.19. The summed E-state index contributed by atoms with van der Waals surface area (Å²) in [5.41, 5.74) is 2.56. The van der Waals surface area contributed by atoms with Crippen LogP contribution in [0.4, 0.5) is 11.4 Å². The Morgan fingerprint density at radius 1 is 1.09 bits per heavy atom. The second-order valence-electron chi connectivity index (χ2n) is 8.65. The highest BCUT2D eigenvalue weighted by atomic mass is 16.2. The number of carbonyl (C=O) groups is 1. The molecule has 0 unspecified atom stereocenters. The molecular weight excluding hydrogens is 412 g/mol. The highest BCUT2D eigenvalue weighted by molar-refractivity contribution is 5.97. The van der Waals surface area contributed by atoms with Gasteiger partial charge in [-0.3, -0.25) is 4.79 Å². The van der Waals surface area contributed by atoms with Crippen LogP contribution in [0.5, 0.6) is 0 Å². The first-order chi connectivity index (χ1) is 15.6. The number of carbonyl (C=O) groups excluding carboxylic acids is 1. The number of aliphatic hydroxyl groups excluding tert-OH is 1. The number of hydrogen-bond donors (Lipinski definition) is 3. The molecule has 1 amide bonds. The lowest BCUT2D eigenvalue weighted by atomic mass is 10.0. The first kappa shape index (κ1) is 30.4. The molecule has 0 aliphatic rings. The average molecular weight is 459 g/mol. The van der Waals surface area contributed by atoms with Crippen molar-refractivity contribution in [3.05, 3.63) is 48.3 Å². The van der Waals surface area contributed by atoms with Gasteiger partial charge in [0, 0.05) is 48.4 Å². The summed E-state index contributed by atoms with van der Waals surface area (Å²) in [6.07, 6.45) is 7.30. The minimum Gasteiger partial charge on any atom is -0.396 e. The summed E-state index contributed by atoms with van der Waals surface area (Å²) in [4.78, 5) is 18.9. The van der Waals surface area contributed by atoms with Gasteiger partial charge in [-0.15, -0.1) is 0 Å². The summed E-state index contributed by atoms with van der Waals surface area (Å²) in [5.74, 6) is 0.441. The van der Waals surface area contributed by atoms with Crippen LogP contribution in [0.3, 0.4) is 0 Å². The molecule has 0 aliphatic carbocycles. The van der Waals surface area contributed by atoms with Gasteiger partial charge in [0.25, 0.3) is 0 Å². The lowest BCUT2D eigenvalue weighted by molar-refractivity contribution is -0.119. The van der Waals surface area contributed by atoms with Crippen LogP contribution < -0.4 is 15.5 Å². The molecular formula is C27H46N4O2. The molecule has 0 heterocycles. The Morgan fingerprint density at radius 2 is 1.64 bits per heavy atom. The number of allylic oxidation sites excluding steroid dienone is 1. The zero-order valence-corrected chi connectivity index (χ0v) is 21.9. The Kier molecular flexibility index (Phi) is 15.6. The van der Waals surface area contributed by atoms with Crippen LogP contribution in [0.15, 0.2) is 53.3 Å². The van der Waals surface area contributed by atoms with Crippen LogP contribution in [0, 0.1) is 0 Å². The third kappa shape index (κ3) is 13.5. The normalized spacial score (nSPS) is 11.6. The van der Waals surface area contributed by atoms with Crippen molar-refractivity contribution < 1.29 is 9.90 Å². The van der Waals surface area contributed by atoms with Crippen molar-refractivity contribution in [3.63, 3.8) is 0 Å². The van der Waals surface area contributed by atoms with Gasteiger partial charge in [0.2, 0.25) is 5.91 Å². The molecule has 0 atom stereocenters. The third-order valence-corrected chi connectivity index (χ3v) is 4.98. The average Bonchev–Trinajstić information content (AvgIpc) is 2.79. The molecule has 0 fully saturated rings. The second-order valence-corrected chi connectivity index (χ2v) is 8.65. The zero-order valence-electron chi connectivity index (χ0n) is 21.9. The van der Waals surface area contributed by atoms with Crippen LogP contribution in [-0.2, 0) is 4.79 Å². The second kappa shape index (κ2) is 17.0. The number of amides is 1. The Balaban J connectivity index is 0.00000235. The molecule has 0 saturated heterocycles. The van der Waals surface area contributed by atoms with Gasteiger partial charge < -0.3 is 20.6 Å². The van der Waals surface area contributed by atoms with Crippen molar-refractivity contribution in [3.8, 4) is 0 Å². The molecule has 0 aromatic heterocycles. The molecule has 3 N–H and O–H groups in total. The van der Waals surface area contributed by atoms with Crippen LogP contribution in [0.2, 0.25) is 0 Å². The van der Waals surface area contributed by atoms with Gasteiger partial charge in [0.1, 0.15) is 5.82 Å². The number of benzene rings is 1. The fraction of sp³-hybridized carbons (Fsp3) is 0.556. The first-order valence-corrected chi connectivity index (χ1v) is 12.1. The van der Waals surface area contributed by atoms with E-state index < -0.39 is 0 Å². The van der Waals surface area contributed by atoms with E-state index in [1.54, 1.807) is 19.2 Å². The lowest BCUT2D eigenvalue weighted by Gasteiger charge is -2.24. The van der Waals surface area contributed by atoms with E-state index in [0.717, 1.165) is 44.5 Å². The molecule has 0 bridgehead atoms. The largest absolute Gasteiger partial charge is 0.396 e. The molecule has 6 nitrogen and oxygen atoms in total. The lowest BCUT2D eigenvalue weighted by Crippen LogP contribution is -2.43. The summed E-state index contributed by atoms with van der Waals surface area (Å²) in [6, 6.07) is 8.31. The Hall–Kier alpha value is -2.60. The van der Waals surface area contributed by atoms with Crippen molar-refractivity contribution in [2.75, 3.05) is 29.9 Å². The third-order valence-electron chi connectivity index (χ3n) is 4.98. The summed E-state index contributed by atoms with van der Waals surface area (Å²) < 4.78 is 0. The maximum absolute atomic E-state index is 12.2. The number of aliphatic imine (C=N–C) groups is 1. The summed E-state index contributed by atoms with van der Waals surface area (Å²) in [6.45, 7) is 20.5.